The predicted molar refractivity (Wildman–Crippen MR) is 111 cm³/mol. The average molecular weight is 401 g/mol. The fourth-order valence-corrected chi connectivity index (χ4v) is 3.06. The highest BCUT2D eigenvalue weighted by Crippen LogP contribution is 2.24. The van der Waals surface area contributed by atoms with E-state index in [2.05, 4.69) is 5.32 Å². The van der Waals surface area contributed by atoms with Gasteiger partial charge in [-0.25, -0.2) is 9.59 Å². The van der Waals surface area contributed by atoms with Gasteiger partial charge in [0.05, 0.1) is 5.56 Å². The van der Waals surface area contributed by atoms with E-state index in [-0.39, 0.29) is 11.3 Å². The summed E-state index contributed by atoms with van der Waals surface area (Å²) in [6.07, 6.45) is 0. The third kappa shape index (κ3) is 3.64. The summed E-state index contributed by atoms with van der Waals surface area (Å²) >= 11 is 0. The normalized spacial score (nSPS) is 10.7. The Morgan fingerprint density at radius 1 is 0.900 bits per heavy atom. The number of carboxylic acids is 1. The number of rotatable bonds is 4. The maximum atomic E-state index is 12.4. The van der Waals surface area contributed by atoms with Gasteiger partial charge in [-0.2, -0.15) is 0 Å². The van der Waals surface area contributed by atoms with Crippen LogP contribution in [-0.4, -0.2) is 22.1 Å². The van der Waals surface area contributed by atoms with Crippen LogP contribution in [0.1, 0.15) is 20.7 Å². The minimum atomic E-state index is -1.26. The minimum Gasteiger partial charge on any atom is -0.507 e. The average Bonchev–Trinajstić information content (AvgIpc) is 2.73. The number of para-hydroxylation sites is 1. The van der Waals surface area contributed by atoms with Crippen molar-refractivity contribution in [2.24, 2.45) is 0 Å². The van der Waals surface area contributed by atoms with E-state index >= 15 is 0 Å². The predicted octanol–water partition coefficient (Wildman–Crippen LogP) is 4.12. The summed E-state index contributed by atoms with van der Waals surface area (Å²) in [6, 6.07) is 19.1. The Balaban J connectivity index is 1.57. The smallest absolute Gasteiger partial charge is 0.344 e. The molecule has 0 unspecified atom stereocenters. The highest BCUT2D eigenvalue weighted by atomic mass is 16.4. The zero-order chi connectivity index (χ0) is 21.3. The Morgan fingerprint density at radius 2 is 1.63 bits per heavy atom. The fourth-order valence-electron chi connectivity index (χ4n) is 3.06. The summed E-state index contributed by atoms with van der Waals surface area (Å²) in [6.45, 7) is 0. The molecule has 30 heavy (non-hydrogen) atoms. The lowest BCUT2D eigenvalue weighted by Gasteiger charge is -2.08. The second-order valence-corrected chi connectivity index (χ2v) is 6.55. The molecule has 0 aliphatic heterocycles. The van der Waals surface area contributed by atoms with Crippen LogP contribution in [0, 0.1) is 0 Å². The van der Waals surface area contributed by atoms with Gasteiger partial charge in [0, 0.05) is 22.7 Å². The van der Waals surface area contributed by atoms with E-state index in [1.54, 1.807) is 42.5 Å². The first kappa shape index (κ1) is 18.9. The Hall–Kier alpha value is -4.39. The Kier molecular flexibility index (Phi) is 4.77. The van der Waals surface area contributed by atoms with Gasteiger partial charge in [0.15, 0.2) is 0 Å². The fraction of sp³-hybridized carbons (Fsp3) is 0. The van der Waals surface area contributed by atoms with Crippen molar-refractivity contribution in [2.75, 3.05) is 5.32 Å². The SMILES string of the molecule is O=C(Nc1ccc(C(=O)O)c(O)c1)c1ccc(-c2cc3ccccc3oc2=O)cc1. The van der Waals surface area contributed by atoms with E-state index in [9.17, 15) is 19.5 Å². The summed E-state index contributed by atoms with van der Waals surface area (Å²) in [5.41, 5.74) is 1.34. The molecule has 1 aromatic heterocycles. The molecule has 0 saturated carbocycles. The molecule has 0 saturated heterocycles. The van der Waals surface area contributed by atoms with Crippen LogP contribution in [0.5, 0.6) is 5.75 Å². The van der Waals surface area contributed by atoms with E-state index in [0.29, 0.717) is 22.3 Å². The number of carbonyl (C=O) groups is 2. The first-order chi connectivity index (χ1) is 14.4. The molecule has 0 bridgehead atoms. The minimum absolute atomic E-state index is 0.252. The van der Waals surface area contributed by atoms with Crippen molar-refractivity contribution in [1.29, 1.82) is 0 Å². The molecule has 0 aliphatic rings. The molecule has 0 aliphatic carbocycles. The number of fused-ring (bicyclic) bond motifs is 1. The van der Waals surface area contributed by atoms with Crippen molar-refractivity contribution in [3.63, 3.8) is 0 Å². The van der Waals surface area contributed by atoms with Crippen LogP contribution in [0.2, 0.25) is 0 Å². The maximum Gasteiger partial charge on any atom is 0.344 e. The molecular formula is C23H15NO6. The summed E-state index contributed by atoms with van der Waals surface area (Å²) < 4.78 is 5.34. The van der Waals surface area contributed by atoms with Gasteiger partial charge in [0.2, 0.25) is 0 Å². The van der Waals surface area contributed by atoms with E-state index in [4.69, 9.17) is 9.52 Å². The Morgan fingerprint density at radius 3 is 2.33 bits per heavy atom. The molecule has 4 rings (SSSR count). The lowest BCUT2D eigenvalue weighted by atomic mass is 10.0. The van der Waals surface area contributed by atoms with E-state index in [1.165, 1.54) is 12.1 Å². The van der Waals surface area contributed by atoms with Crippen molar-refractivity contribution in [1.82, 2.24) is 0 Å². The number of hydrogen-bond donors (Lipinski definition) is 3. The molecule has 0 spiro atoms. The van der Waals surface area contributed by atoms with Crippen LogP contribution < -0.4 is 10.9 Å². The van der Waals surface area contributed by atoms with Crippen molar-refractivity contribution < 1.29 is 24.2 Å². The van der Waals surface area contributed by atoms with Crippen molar-refractivity contribution >= 4 is 28.5 Å². The van der Waals surface area contributed by atoms with Gasteiger partial charge in [0.1, 0.15) is 16.9 Å². The van der Waals surface area contributed by atoms with Gasteiger partial charge in [-0.05, 0) is 42.0 Å². The third-order valence-corrected chi connectivity index (χ3v) is 4.59. The topological polar surface area (TPSA) is 117 Å². The van der Waals surface area contributed by atoms with Gasteiger partial charge in [0.25, 0.3) is 5.91 Å². The largest absolute Gasteiger partial charge is 0.507 e. The highest BCUT2D eigenvalue weighted by Gasteiger charge is 2.13. The second-order valence-electron chi connectivity index (χ2n) is 6.55. The molecule has 1 heterocycles. The molecule has 1 amide bonds. The van der Waals surface area contributed by atoms with Crippen LogP contribution >= 0.6 is 0 Å². The summed E-state index contributed by atoms with van der Waals surface area (Å²) in [5, 5.41) is 22.1. The molecule has 3 aromatic carbocycles. The second kappa shape index (κ2) is 7.56. The molecular weight excluding hydrogens is 386 g/mol. The van der Waals surface area contributed by atoms with E-state index in [1.807, 2.05) is 12.1 Å². The molecule has 7 nitrogen and oxygen atoms in total. The van der Waals surface area contributed by atoms with Gasteiger partial charge in [-0.15, -0.1) is 0 Å². The first-order valence-electron chi connectivity index (χ1n) is 8.93. The van der Waals surface area contributed by atoms with Crippen molar-refractivity contribution in [3.8, 4) is 16.9 Å². The molecule has 148 valence electrons. The number of carboxylic acid groups (broad SMARTS) is 1. The van der Waals surface area contributed by atoms with Gasteiger partial charge in [-0.3, -0.25) is 4.79 Å². The highest BCUT2D eigenvalue weighted by molar-refractivity contribution is 6.05. The number of aromatic carboxylic acids is 1. The molecule has 0 fully saturated rings. The molecule has 3 N–H and O–H groups in total. The molecule has 4 aromatic rings. The van der Waals surface area contributed by atoms with Crippen LogP contribution in [-0.2, 0) is 0 Å². The van der Waals surface area contributed by atoms with Crippen molar-refractivity contribution in [3.05, 3.63) is 94.3 Å². The van der Waals surface area contributed by atoms with Crippen molar-refractivity contribution in [2.45, 2.75) is 0 Å². The van der Waals surface area contributed by atoms with E-state index < -0.39 is 23.3 Å². The van der Waals surface area contributed by atoms with E-state index in [0.717, 1.165) is 11.5 Å². The number of anilines is 1. The monoisotopic (exact) mass is 401 g/mol. The van der Waals surface area contributed by atoms with Crippen LogP contribution in [0.4, 0.5) is 5.69 Å². The van der Waals surface area contributed by atoms with Gasteiger partial charge < -0.3 is 19.9 Å². The molecule has 0 atom stereocenters. The van der Waals surface area contributed by atoms with Gasteiger partial charge >= 0.3 is 11.6 Å². The Bertz CT molecular complexity index is 1340. The van der Waals surface area contributed by atoms with Crippen LogP contribution in [0.3, 0.4) is 0 Å². The van der Waals surface area contributed by atoms with Crippen LogP contribution in [0.15, 0.2) is 82.0 Å². The zero-order valence-corrected chi connectivity index (χ0v) is 15.5. The standard InChI is InChI=1S/C23H15NO6/c25-19-12-16(9-10-17(19)22(27)28)24-21(26)14-7-5-13(6-8-14)18-11-15-3-1-2-4-20(15)30-23(18)29/h1-12,25H,(H,24,26)(H,27,28). The zero-order valence-electron chi connectivity index (χ0n) is 15.5. The van der Waals surface area contributed by atoms with Gasteiger partial charge in [-0.1, -0.05) is 30.3 Å². The molecule has 0 radical (unpaired) electrons. The number of aromatic hydroxyl groups is 1. The molecule has 7 heteroatoms. The maximum absolute atomic E-state index is 12.4. The lowest BCUT2D eigenvalue weighted by molar-refractivity contribution is 0.0693. The third-order valence-electron chi connectivity index (χ3n) is 4.59. The lowest BCUT2D eigenvalue weighted by Crippen LogP contribution is -2.12. The summed E-state index contributed by atoms with van der Waals surface area (Å²) in [4.78, 5) is 35.7. The summed E-state index contributed by atoms with van der Waals surface area (Å²) in [5.74, 6) is -2.16. The number of amides is 1. The number of phenols is 1. The number of carbonyl (C=O) groups excluding carboxylic acids is 1. The number of nitrogens with one attached hydrogen (secondary N) is 1. The van der Waals surface area contributed by atoms with Crippen LogP contribution in [0.25, 0.3) is 22.1 Å². The Labute approximate surface area is 169 Å². The first-order valence-corrected chi connectivity index (χ1v) is 8.93. The number of benzene rings is 3. The quantitative estimate of drug-likeness (QED) is 0.443. The number of hydrogen-bond acceptors (Lipinski definition) is 5. The summed E-state index contributed by atoms with van der Waals surface area (Å²) in [7, 11) is 0.